The zero-order valence-corrected chi connectivity index (χ0v) is 21.7. The number of hydrogen-bond acceptors (Lipinski definition) is 5. The van der Waals surface area contributed by atoms with Crippen LogP contribution in [0.15, 0.2) is 60.7 Å². The van der Waals surface area contributed by atoms with E-state index in [1.54, 1.807) is 18.7 Å². The van der Waals surface area contributed by atoms with Crippen LogP contribution in [0.4, 0.5) is 0 Å². The predicted octanol–water partition coefficient (Wildman–Crippen LogP) is 3.52. The van der Waals surface area contributed by atoms with Crippen molar-refractivity contribution >= 4 is 17.8 Å². The number of nitrogens with one attached hydrogen (secondary N) is 2. The number of carbonyl (C=O) groups excluding carboxylic acids is 2. The van der Waals surface area contributed by atoms with Gasteiger partial charge in [-0.3, -0.25) is 19.5 Å². The Bertz CT molecular complexity index is 1260. The van der Waals surface area contributed by atoms with Gasteiger partial charge in [0.1, 0.15) is 5.69 Å². The highest BCUT2D eigenvalue weighted by molar-refractivity contribution is 5.97. The number of carboxylic acid groups (broad SMARTS) is 1. The molecule has 1 atom stereocenters. The number of piperidine rings is 1. The first-order valence-corrected chi connectivity index (χ1v) is 12.8. The first-order chi connectivity index (χ1) is 18.1. The SMILES string of the molecule is CC(C)(C[C@@H](Cc1ccc(-c2ccccc2)cc1)NC(=O)c1cc(C(=O)N2CCC(O)CC2)[nH]n1)C(=O)O. The second-order valence-corrected chi connectivity index (χ2v) is 10.5. The van der Waals surface area contributed by atoms with Gasteiger partial charge >= 0.3 is 5.97 Å². The van der Waals surface area contributed by atoms with Crippen LogP contribution in [-0.2, 0) is 11.2 Å². The quantitative estimate of drug-likeness (QED) is 0.342. The number of rotatable bonds is 9. The molecular weight excluding hydrogens is 484 g/mol. The van der Waals surface area contributed by atoms with Crippen LogP contribution in [0.3, 0.4) is 0 Å². The maximum atomic E-state index is 13.1. The molecule has 1 aliphatic rings. The van der Waals surface area contributed by atoms with Gasteiger partial charge in [-0.25, -0.2) is 0 Å². The molecule has 0 aliphatic carbocycles. The molecule has 0 radical (unpaired) electrons. The Labute approximate surface area is 221 Å². The minimum Gasteiger partial charge on any atom is -0.481 e. The topological polar surface area (TPSA) is 136 Å². The molecule has 2 aromatic carbocycles. The van der Waals surface area contributed by atoms with E-state index in [2.05, 4.69) is 15.5 Å². The zero-order valence-electron chi connectivity index (χ0n) is 21.7. The van der Waals surface area contributed by atoms with Crippen LogP contribution in [0.2, 0.25) is 0 Å². The molecule has 38 heavy (non-hydrogen) atoms. The summed E-state index contributed by atoms with van der Waals surface area (Å²) in [5.41, 5.74) is 2.32. The van der Waals surface area contributed by atoms with Gasteiger partial charge in [0.25, 0.3) is 11.8 Å². The van der Waals surface area contributed by atoms with Crippen molar-refractivity contribution in [1.29, 1.82) is 0 Å². The number of nitrogens with zero attached hydrogens (tertiary/aromatic N) is 2. The maximum absolute atomic E-state index is 13.1. The van der Waals surface area contributed by atoms with Crippen LogP contribution in [-0.4, -0.2) is 68.3 Å². The molecule has 1 aliphatic heterocycles. The number of aliphatic carboxylic acids is 1. The summed E-state index contributed by atoms with van der Waals surface area (Å²) in [5, 5.41) is 29.0. The number of hydrogen-bond donors (Lipinski definition) is 4. The van der Waals surface area contributed by atoms with Gasteiger partial charge in [0.05, 0.1) is 11.5 Å². The molecule has 0 bridgehead atoms. The van der Waals surface area contributed by atoms with Crippen molar-refractivity contribution in [3.8, 4) is 11.1 Å². The fourth-order valence-electron chi connectivity index (χ4n) is 4.67. The van der Waals surface area contributed by atoms with Gasteiger partial charge in [-0.05, 0) is 56.2 Å². The van der Waals surface area contributed by atoms with Gasteiger partial charge in [-0.1, -0.05) is 54.6 Å². The Morgan fingerprint density at radius 1 is 1.05 bits per heavy atom. The van der Waals surface area contributed by atoms with Gasteiger partial charge in [0.15, 0.2) is 5.69 Å². The Balaban J connectivity index is 1.46. The number of aliphatic hydroxyl groups excluding tert-OH is 1. The third-order valence-electron chi connectivity index (χ3n) is 7.01. The number of benzene rings is 2. The smallest absolute Gasteiger partial charge is 0.309 e. The number of carbonyl (C=O) groups is 3. The molecule has 9 nitrogen and oxygen atoms in total. The van der Waals surface area contributed by atoms with E-state index in [4.69, 9.17) is 0 Å². The summed E-state index contributed by atoms with van der Waals surface area (Å²) < 4.78 is 0. The van der Waals surface area contributed by atoms with Crippen LogP contribution < -0.4 is 5.32 Å². The van der Waals surface area contributed by atoms with E-state index in [0.29, 0.717) is 32.4 Å². The summed E-state index contributed by atoms with van der Waals surface area (Å²) in [4.78, 5) is 39.3. The normalized spacial score (nSPS) is 15.2. The third kappa shape index (κ3) is 6.66. The van der Waals surface area contributed by atoms with Gasteiger partial charge in [-0.2, -0.15) is 5.10 Å². The molecule has 1 aromatic heterocycles. The van der Waals surface area contributed by atoms with Crippen molar-refractivity contribution in [2.45, 2.75) is 51.7 Å². The highest BCUT2D eigenvalue weighted by Gasteiger charge is 2.32. The second-order valence-electron chi connectivity index (χ2n) is 10.5. The zero-order chi connectivity index (χ0) is 27.3. The average molecular weight is 519 g/mol. The van der Waals surface area contributed by atoms with Crippen LogP contribution in [0, 0.1) is 5.41 Å². The number of amides is 2. The molecule has 4 N–H and O–H groups in total. The van der Waals surface area contributed by atoms with Gasteiger partial charge in [-0.15, -0.1) is 0 Å². The highest BCUT2D eigenvalue weighted by Crippen LogP contribution is 2.26. The molecule has 0 unspecified atom stereocenters. The number of aromatic amines is 1. The molecule has 2 amide bonds. The molecule has 2 heterocycles. The van der Waals surface area contributed by atoms with Crippen molar-refractivity contribution in [3.63, 3.8) is 0 Å². The lowest BCUT2D eigenvalue weighted by molar-refractivity contribution is -0.147. The van der Waals surface area contributed by atoms with Gasteiger partial charge in [0.2, 0.25) is 0 Å². The van der Waals surface area contributed by atoms with E-state index in [9.17, 15) is 24.6 Å². The summed E-state index contributed by atoms with van der Waals surface area (Å²) in [7, 11) is 0. The highest BCUT2D eigenvalue weighted by atomic mass is 16.4. The first kappa shape index (κ1) is 27.1. The molecule has 0 spiro atoms. The van der Waals surface area contributed by atoms with E-state index >= 15 is 0 Å². The molecule has 3 aromatic rings. The standard InChI is InChI=1S/C29H34N4O5/c1-29(2,28(37)38)18-22(16-19-8-10-21(11-9-19)20-6-4-3-5-7-20)30-26(35)24-17-25(32-31-24)27(36)33-14-12-23(34)13-15-33/h3-11,17,22-23,34H,12-16,18H2,1-2H3,(H,30,35)(H,31,32)(H,37,38)/t22-/m1/s1. The Morgan fingerprint density at radius 3 is 2.32 bits per heavy atom. The van der Waals surface area contributed by atoms with Crippen LogP contribution in [0.1, 0.15) is 59.7 Å². The molecule has 0 saturated carbocycles. The minimum atomic E-state index is -1.06. The fourth-order valence-corrected chi connectivity index (χ4v) is 4.67. The van der Waals surface area contributed by atoms with Crippen molar-refractivity contribution < 1.29 is 24.6 Å². The van der Waals surface area contributed by atoms with E-state index in [-0.39, 0.29) is 23.7 Å². The Kier molecular flexibility index (Phi) is 8.26. The molecule has 1 saturated heterocycles. The number of H-pyrrole nitrogens is 1. The molecule has 1 fully saturated rings. The van der Waals surface area contributed by atoms with Crippen LogP contribution >= 0.6 is 0 Å². The number of carboxylic acids is 1. The Hall–Kier alpha value is -3.98. The summed E-state index contributed by atoms with van der Waals surface area (Å²) >= 11 is 0. The van der Waals surface area contributed by atoms with Crippen LogP contribution in [0.25, 0.3) is 11.1 Å². The summed E-state index contributed by atoms with van der Waals surface area (Å²) in [6.07, 6.45) is 1.27. The van der Waals surface area contributed by atoms with Crippen molar-refractivity contribution in [2.24, 2.45) is 5.41 Å². The van der Waals surface area contributed by atoms with E-state index in [1.807, 2.05) is 54.6 Å². The van der Waals surface area contributed by atoms with E-state index in [0.717, 1.165) is 16.7 Å². The van der Waals surface area contributed by atoms with Crippen LogP contribution in [0.5, 0.6) is 0 Å². The molecule has 9 heteroatoms. The summed E-state index contributed by atoms with van der Waals surface area (Å²) in [6, 6.07) is 18.9. The fraction of sp³-hybridized carbons (Fsp3) is 0.379. The second kappa shape index (κ2) is 11.6. The van der Waals surface area contributed by atoms with E-state index in [1.165, 1.54) is 6.07 Å². The number of likely N-dealkylation sites (tertiary alicyclic amines) is 1. The van der Waals surface area contributed by atoms with Crippen molar-refractivity contribution in [3.05, 3.63) is 77.6 Å². The lowest BCUT2D eigenvalue weighted by atomic mass is 9.83. The summed E-state index contributed by atoms with van der Waals surface area (Å²) in [5.74, 6) is -1.71. The lowest BCUT2D eigenvalue weighted by Crippen LogP contribution is -2.41. The number of aromatic nitrogens is 2. The van der Waals surface area contributed by atoms with Crippen molar-refractivity contribution in [1.82, 2.24) is 20.4 Å². The largest absolute Gasteiger partial charge is 0.481 e. The van der Waals surface area contributed by atoms with Crippen molar-refractivity contribution in [2.75, 3.05) is 13.1 Å². The van der Waals surface area contributed by atoms with E-state index < -0.39 is 29.4 Å². The lowest BCUT2D eigenvalue weighted by Gasteiger charge is -2.29. The average Bonchev–Trinajstić information content (AvgIpc) is 3.40. The van der Waals surface area contributed by atoms with Gasteiger partial charge < -0.3 is 20.4 Å². The van der Waals surface area contributed by atoms with Gasteiger partial charge in [0, 0.05) is 25.2 Å². The monoisotopic (exact) mass is 518 g/mol. The maximum Gasteiger partial charge on any atom is 0.309 e. The minimum absolute atomic E-state index is 0.0583. The molecular formula is C29H34N4O5. The predicted molar refractivity (Wildman–Crippen MR) is 143 cm³/mol. The Morgan fingerprint density at radius 2 is 1.68 bits per heavy atom. The molecule has 4 rings (SSSR count). The summed E-state index contributed by atoms with van der Waals surface area (Å²) in [6.45, 7) is 4.15. The first-order valence-electron chi connectivity index (χ1n) is 12.8. The third-order valence-corrected chi connectivity index (χ3v) is 7.01. The number of aliphatic hydroxyl groups is 1. The molecule has 200 valence electrons.